The maximum Gasteiger partial charge on any atom is 0.414 e. The van der Waals surface area contributed by atoms with Gasteiger partial charge in [0.25, 0.3) is 11.5 Å². The number of hydrogen-bond acceptors (Lipinski definition) is 8. The molecule has 2 amide bonds. The Hall–Kier alpha value is -4.58. The molecule has 226 valence electrons. The molecule has 43 heavy (non-hydrogen) atoms. The molecule has 2 saturated heterocycles. The number of methoxy groups -OCH3 is 1. The molecule has 0 bridgehead atoms. The zero-order chi connectivity index (χ0) is 29.9. The first-order chi connectivity index (χ1) is 20.9. The van der Waals surface area contributed by atoms with Crippen molar-refractivity contribution >= 4 is 17.7 Å². The lowest BCUT2D eigenvalue weighted by Gasteiger charge is -2.40. The van der Waals surface area contributed by atoms with Gasteiger partial charge in [0.05, 0.1) is 18.4 Å². The molecule has 2 aromatic carbocycles. The Bertz CT molecular complexity index is 1570. The number of fused-ring (bicyclic) bond motifs is 1. The molecule has 4 heterocycles. The number of aromatic nitrogens is 2. The van der Waals surface area contributed by atoms with Crippen molar-refractivity contribution in [1.29, 1.82) is 0 Å². The molecular weight excluding hydrogens is 554 g/mol. The Morgan fingerprint density at radius 3 is 2.47 bits per heavy atom. The number of H-pyrrole nitrogens is 2. The van der Waals surface area contributed by atoms with Crippen molar-refractivity contribution in [3.8, 4) is 11.5 Å². The van der Waals surface area contributed by atoms with Gasteiger partial charge in [0.1, 0.15) is 24.2 Å². The van der Waals surface area contributed by atoms with Crippen LogP contribution in [0.3, 0.4) is 0 Å². The van der Waals surface area contributed by atoms with Gasteiger partial charge in [-0.05, 0) is 43.9 Å². The zero-order valence-corrected chi connectivity index (χ0v) is 24.0. The van der Waals surface area contributed by atoms with Crippen LogP contribution in [0.5, 0.6) is 11.5 Å². The first-order valence-electron chi connectivity index (χ1n) is 14.6. The number of cyclic esters (lactones) is 1. The van der Waals surface area contributed by atoms with Crippen LogP contribution in [0.25, 0.3) is 0 Å². The third kappa shape index (κ3) is 6.29. The van der Waals surface area contributed by atoms with Crippen molar-refractivity contribution in [2.75, 3.05) is 38.2 Å². The van der Waals surface area contributed by atoms with Gasteiger partial charge >= 0.3 is 11.8 Å². The number of carbonyl (C=O) groups excluding carboxylic acids is 2. The fourth-order valence-corrected chi connectivity index (χ4v) is 6.16. The number of benzene rings is 2. The second-order valence-electron chi connectivity index (χ2n) is 11.1. The summed E-state index contributed by atoms with van der Waals surface area (Å²) >= 11 is 0. The number of rotatable bonds is 7. The quantitative estimate of drug-likeness (QED) is 0.429. The molecule has 0 aliphatic carbocycles. The monoisotopic (exact) mass is 589 g/mol. The van der Waals surface area contributed by atoms with E-state index in [2.05, 4.69) is 14.9 Å². The van der Waals surface area contributed by atoms with Crippen LogP contribution in [-0.4, -0.2) is 77.2 Å². The minimum absolute atomic E-state index is 0.00799. The van der Waals surface area contributed by atoms with E-state index in [4.69, 9.17) is 14.2 Å². The maximum absolute atomic E-state index is 13.5. The average Bonchev–Trinajstić information content (AvgIpc) is 3.01. The highest BCUT2D eigenvalue weighted by molar-refractivity contribution is 5.97. The fraction of sp³-hybridized carbons (Fsp3) is 0.419. The summed E-state index contributed by atoms with van der Waals surface area (Å²) < 4.78 is 17.2. The lowest BCUT2D eigenvalue weighted by Crippen LogP contribution is -2.50. The van der Waals surface area contributed by atoms with Gasteiger partial charge in [-0.15, -0.1) is 0 Å². The summed E-state index contributed by atoms with van der Waals surface area (Å²) in [7, 11) is 1.54. The Kier molecular flexibility index (Phi) is 8.19. The first kappa shape index (κ1) is 28.5. The Morgan fingerprint density at radius 1 is 0.953 bits per heavy atom. The van der Waals surface area contributed by atoms with E-state index in [1.54, 1.807) is 35.1 Å². The minimum Gasteiger partial charge on any atom is -0.496 e. The van der Waals surface area contributed by atoms with Gasteiger partial charge in [0.2, 0.25) is 0 Å². The van der Waals surface area contributed by atoms with E-state index in [1.165, 1.54) is 6.07 Å². The van der Waals surface area contributed by atoms with Gasteiger partial charge in [-0.1, -0.05) is 18.2 Å². The summed E-state index contributed by atoms with van der Waals surface area (Å²) in [6.45, 7) is 3.31. The molecule has 3 aliphatic heterocycles. The highest BCUT2D eigenvalue weighted by Gasteiger charge is 2.35. The van der Waals surface area contributed by atoms with Gasteiger partial charge in [-0.25, -0.2) is 9.59 Å². The molecule has 0 atom stereocenters. The van der Waals surface area contributed by atoms with E-state index in [9.17, 15) is 19.2 Å². The smallest absolute Gasteiger partial charge is 0.414 e. The van der Waals surface area contributed by atoms with Gasteiger partial charge in [0, 0.05) is 62.2 Å². The zero-order valence-electron chi connectivity index (χ0n) is 24.0. The number of hydrogen-bond donors (Lipinski definition) is 2. The number of nitrogens with zero attached hydrogens (tertiary/aromatic N) is 3. The molecule has 12 heteroatoms. The number of ether oxygens (including phenoxy) is 3. The SMILES string of the molecule is COc1cc(OC2CCN(Cc3cc(=O)[nH]c(=O)[nH]3)CC2)ccc1C(=O)N1CCC(N2C(=O)OCc3ccccc32)CC1. The molecule has 2 fully saturated rings. The Balaban J connectivity index is 1.04. The molecule has 1 aromatic heterocycles. The summed E-state index contributed by atoms with van der Waals surface area (Å²) in [5.74, 6) is 0.968. The molecule has 6 rings (SSSR count). The molecule has 12 nitrogen and oxygen atoms in total. The summed E-state index contributed by atoms with van der Waals surface area (Å²) in [6.07, 6.45) is 2.51. The summed E-state index contributed by atoms with van der Waals surface area (Å²) in [5.41, 5.74) is 2.01. The number of para-hydroxylation sites is 1. The van der Waals surface area contributed by atoms with Crippen molar-refractivity contribution in [2.24, 2.45) is 0 Å². The summed E-state index contributed by atoms with van der Waals surface area (Å²) in [6, 6.07) is 14.5. The van der Waals surface area contributed by atoms with E-state index in [0.717, 1.165) is 37.2 Å². The number of carbonyl (C=O) groups is 2. The van der Waals surface area contributed by atoms with E-state index < -0.39 is 11.2 Å². The van der Waals surface area contributed by atoms with Crippen LogP contribution in [0.15, 0.2) is 58.1 Å². The van der Waals surface area contributed by atoms with Gasteiger partial charge in [-0.3, -0.25) is 24.4 Å². The van der Waals surface area contributed by atoms with Crippen LogP contribution < -0.4 is 25.6 Å². The number of nitrogens with one attached hydrogen (secondary N) is 2. The van der Waals surface area contributed by atoms with Crippen LogP contribution in [0.2, 0.25) is 0 Å². The normalized spacial score (nSPS) is 18.2. The predicted molar refractivity (Wildman–Crippen MR) is 158 cm³/mol. The summed E-state index contributed by atoms with van der Waals surface area (Å²) in [5, 5.41) is 0. The van der Waals surface area contributed by atoms with E-state index >= 15 is 0 Å². The number of amides is 2. The van der Waals surface area contributed by atoms with Crippen LogP contribution in [0.1, 0.15) is 47.3 Å². The van der Waals surface area contributed by atoms with E-state index in [0.29, 0.717) is 55.2 Å². The van der Waals surface area contributed by atoms with Crippen molar-refractivity contribution in [1.82, 2.24) is 19.8 Å². The largest absolute Gasteiger partial charge is 0.496 e. The van der Waals surface area contributed by atoms with Crippen LogP contribution in [0, 0.1) is 0 Å². The standard InChI is InChI=1S/C31H35N5O7/c1-41-27-17-24(43-23-10-12-34(13-11-23)18-21-16-28(37)33-30(39)32-21)6-7-25(27)29(38)35-14-8-22(9-15-35)36-26-5-3-2-4-20(26)19-42-31(36)40/h2-7,16-17,22-23H,8-15,18-19H2,1H3,(H2,32,33,37,39). The summed E-state index contributed by atoms with van der Waals surface area (Å²) in [4.78, 5) is 59.8. The van der Waals surface area contributed by atoms with Crippen molar-refractivity contribution in [3.05, 3.63) is 86.2 Å². The minimum atomic E-state index is -0.503. The fourth-order valence-electron chi connectivity index (χ4n) is 6.16. The third-order valence-electron chi connectivity index (χ3n) is 8.37. The van der Waals surface area contributed by atoms with Crippen LogP contribution in [0.4, 0.5) is 10.5 Å². The highest BCUT2D eigenvalue weighted by Crippen LogP contribution is 2.33. The molecule has 3 aliphatic rings. The molecule has 0 unspecified atom stereocenters. The molecule has 0 radical (unpaired) electrons. The average molecular weight is 590 g/mol. The van der Waals surface area contributed by atoms with Gasteiger partial charge in [-0.2, -0.15) is 0 Å². The molecule has 0 spiro atoms. The number of piperidine rings is 2. The lowest BCUT2D eigenvalue weighted by molar-refractivity contribution is 0.0704. The van der Waals surface area contributed by atoms with Crippen LogP contribution >= 0.6 is 0 Å². The lowest BCUT2D eigenvalue weighted by atomic mass is 10.00. The second kappa shape index (κ2) is 12.3. The molecule has 2 N–H and O–H groups in total. The first-order valence-corrected chi connectivity index (χ1v) is 14.6. The molecular formula is C31H35N5O7. The van der Waals surface area contributed by atoms with Crippen LogP contribution in [-0.2, 0) is 17.9 Å². The third-order valence-corrected chi connectivity index (χ3v) is 8.37. The van der Waals surface area contributed by atoms with Crippen molar-refractivity contribution in [3.63, 3.8) is 0 Å². The van der Waals surface area contributed by atoms with E-state index in [-0.39, 0.29) is 30.8 Å². The Labute approximate surface area is 248 Å². The number of likely N-dealkylation sites (tertiary alicyclic amines) is 2. The van der Waals surface area contributed by atoms with Crippen molar-refractivity contribution < 1.29 is 23.8 Å². The number of anilines is 1. The highest BCUT2D eigenvalue weighted by atomic mass is 16.6. The molecule has 0 saturated carbocycles. The molecule has 3 aromatic rings. The van der Waals surface area contributed by atoms with Gasteiger partial charge in [0.15, 0.2) is 0 Å². The predicted octanol–water partition coefficient (Wildman–Crippen LogP) is 2.88. The van der Waals surface area contributed by atoms with Crippen molar-refractivity contribution in [2.45, 2.75) is 51.0 Å². The second-order valence-corrected chi connectivity index (χ2v) is 11.1. The van der Waals surface area contributed by atoms with Gasteiger partial charge < -0.3 is 24.1 Å². The topological polar surface area (TPSA) is 137 Å². The maximum atomic E-state index is 13.5. The Morgan fingerprint density at radius 2 is 1.72 bits per heavy atom. The van der Waals surface area contributed by atoms with E-state index in [1.807, 2.05) is 24.3 Å². The number of aromatic amines is 2.